The zero-order valence-electron chi connectivity index (χ0n) is 17.0. The van der Waals surface area contributed by atoms with E-state index in [-0.39, 0.29) is 17.0 Å². The molecule has 3 rings (SSSR count). The second-order valence-corrected chi connectivity index (χ2v) is 8.99. The summed E-state index contributed by atoms with van der Waals surface area (Å²) in [6.07, 6.45) is 1.48. The lowest BCUT2D eigenvalue weighted by molar-refractivity contribution is 0.0474. The maximum Gasteiger partial charge on any atom is 0.338 e. The molecular formula is C24H20ClNO5S. The highest BCUT2D eigenvalue weighted by Crippen LogP contribution is 2.24. The van der Waals surface area contributed by atoms with E-state index in [1.54, 1.807) is 42.5 Å². The summed E-state index contributed by atoms with van der Waals surface area (Å²) in [7, 11) is -3.98. The number of Topliss-reactive ketones (excluding diaryl/α,β-unsaturated/α-hetero) is 1. The highest BCUT2D eigenvalue weighted by atomic mass is 35.5. The third-order valence-corrected chi connectivity index (χ3v) is 6.54. The van der Waals surface area contributed by atoms with Gasteiger partial charge in [0.05, 0.1) is 22.7 Å². The Balaban J connectivity index is 1.78. The van der Waals surface area contributed by atoms with E-state index in [0.29, 0.717) is 16.3 Å². The Labute approximate surface area is 191 Å². The second kappa shape index (κ2) is 10.3. The van der Waals surface area contributed by atoms with E-state index in [9.17, 15) is 18.0 Å². The number of ether oxygens (including phenoxy) is 1. The first-order valence-corrected chi connectivity index (χ1v) is 11.4. The molecule has 0 fully saturated rings. The lowest BCUT2D eigenvalue weighted by atomic mass is 10.1. The van der Waals surface area contributed by atoms with Crippen LogP contribution in [0.15, 0.2) is 96.4 Å². The van der Waals surface area contributed by atoms with Gasteiger partial charge in [0, 0.05) is 10.6 Å². The van der Waals surface area contributed by atoms with E-state index in [1.165, 1.54) is 46.8 Å². The molecule has 32 heavy (non-hydrogen) atoms. The Morgan fingerprint density at radius 2 is 1.62 bits per heavy atom. The van der Waals surface area contributed by atoms with Crippen LogP contribution in [0.1, 0.15) is 20.7 Å². The summed E-state index contributed by atoms with van der Waals surface area (Å²) in [5.74, 6) is -1.21. The molecule has 0 atom stereocenters. The largest absolute Gasteiger partial charge is 0.454 e. The molecule has 0 radical (unpaired) electrons. The summed E-state index contributed by atoms with van der Waals surface area (Å²) < 4.78 is 32.8. The molecule has 0 spiro atoms. The average molecular weight is 470 g/mol. The van der Waals surface area contributed by atoms with Crippen molar-refractivity contribution in [3.63, 3.8) is 0 Å². The number of para-hydroxylation sites is 1. The summed E-state index contributed by atoms with van der Waals surface area (Å²) in [4.78, 5) is 24.6. The van der Waals surface area contributed by atoms with Crippen LogP contribution in [0, 0.1) is 0 Å². The number of nitrogens with zero attached hydrogens (tertiary/aromatic N) is 1. The van der Waals surface area contributed by atoms with Crippen LogP contribution in [0.25, 0.3) is 0 Å². The van der Waals surface area contributed by atoms with Gasteiger partial charge in [0.25, 0.3) is 10.0 Å². The van der Waals surface area contributed by atoms with Crippen molar-refractivity contribution < 1.29 is 22.7 Å². The molecule has 6 nitrogen and oxygen atoms in total. The third-order valence-electron chi connectivity index (χ3n) is 4.50. The minimum Gasteiger partial charge on any atom is -0.454 e. The molecule has 3 aromatic rings. The van der Waals surface area contributed by atoms with E-state index < -0.39 is 28.4 Å². The second-order valence-electron chi connectivity index (χ2n) is 6.69. The number of ketones is 1. The van der Waals surface area contributed by atoms with Crippen LogP contribution >= 0.6 is 11.6 Å². The maximum absolute atomic E-state index is 13.2. The predicted octanol–water partition coefficient (Wildman–Crippen LogP) is 4.76. The fraction of sp³-hybridized carbons (Fsp3) is 0.0833. The molecule has 0 saturated carbocycles. The minimum absolute atomic E-state index is 0.0154. The van der Waals surface area contributed by atoms with E-state index in [1.807, 2.05) is 0 Å². The third kappa shape index (κ3) is 5.43. The number of anilines is 1. The zero-order valence-corrected chi connectivity index (χ0v) is 18.6. The summed E-state index contributed by atoms with van der Waals surface area (Å²) in [5, 5.41) is 0.484. The minimum atomic E-state index is -3.98. The summed E-state index contributed by atoms with van der Waals surface area (Å²) in [6, 6.07) is 20.3. The normalized spacial score (nSPS) is 10.9. The van der Waals surface area contributed by atoms with Gasteiger partial charge in [-0.05, 0) is 54.6 Å². The highest BCUT2D eigenvalue weighted by Gasteiger charge is 2.25. The number of sulfonamides is 1. The van der Waals surface area contributed by atoms with Gasteiger partial charge >= 0.3 is 5.97 Å². The van der Waals surface area contributed by atoms with Crippen molar-refractivity contribution in [3.05, 3.63) is 108 Å². The Bertz CT molecular complexity index is 1220. The zero-order chi connectivity index (χ0) is 23.1. The molecule has 164 valence electrons. The number of hydrogen-bond acceptors (Lipinski definition) is 5. The average Bonchev–Trinajstić information content (AvgIpc) is 2.81. The van der Waals surface area contributed by atoms with Crippen molar-refractivity contribution >= 4 is 39.1 Å². The van der Waals surface area contributed by atoms with E-state index in [4.69, 9.17) is 16.3 Å². The molecule has 0 saturated heterocycles. The molecule has 0 amide bonds. The van der Waals surface area contributed by atoms with E-state index in [0.717, 1.165) is 0 Å². The maximum atomic E-state index is 13.2. The summed E-state index contributed by atoms with van der Waals surface area (Å²) in [6.45, 7) is 3.20. The Morgan fingerprint density at radius 1 is 0.938 bits per heavy atom. The number of benzene rings is 3. The fourth-order valence-corrected chi connectivity index (χ4v) is 4.51. The van der Waals surface area contributed by atoms with Gasteiger partial charge < -0.3 is 4.74 Å². The fourth-order valence-electron chi connectivity index (χ4n) is 2.90. The van der Waals surface area contributed by atoms with Gasteiger partial charge in [-0.3, -0.25) is 9.10 Å². The van der Waals surface area contributed by atoms with Crippen LogP contribution in [-0.2, 0) is 14.8 Å². The number of carbonyl (C=O) groups excluding carboxylic acids is 2. The molecule has 0 unspecified atom stereocenters. The molecule has 3 aromatic carbocycles. The topological polar surface area (TPSA) is 80.8 Å². The van der Waals surface area contributed by atoms with E-state index >= 15 is 0 Å². The predicted molar refractivity (Wildman–Crippen MR) is 124 cm³/mol. The lowest BCUT2D eigenvalue weighted by Crippen LogP contribution is -2.31. The quantitative estimate of drug-likeness (QED) is 0.256. The van der Waals surface area contributed by atoms with Gasteiger partial charge in [0.1, 0.15) is 0 Å². The smallest absolute Gasteiger partial charge is 0.338 e. The molecule has 0 heterocycles. The molecule has 0 aliphatic carbocycles. The summed E-state index contributed by atoms with van der Waals surface area (Å²) in [5.41, 5.74) is 0.831. The van der Waals surface area contributed by atoms with Crippen LogP contribution in [0.4, 0.5) is 5.69 Å². The van der Waals surface area contributed by atoms with Crippen LogP contribution in [0.3, 0.4) is 0 Å². The van der Waals surface area contributed by atoms with Gasteiger partial charge in [0.2, 0.25) is 0 Å². The van der Waals surface area contributed by atoms with Gasteiger partial charge in [-0.15, -0.1) is 6.58 Å². The lowest BCUT2D eigenvalue weighted by Gasteiger charge is -2.23. The number of carbonyl (C=O) groups is 2. The van der Waals surface area contributed by atoms with Crippen molar-refractivity contribution in [2.24, 2.45) is 0 Å². The molecule has 0 aliphatic rings. The van der Waals surface area contributed by atoms with Crippen molar-refractivity contribution in [2.75, 3.05) is 17.5 Å². The SMILES string of the molecule is C=CCN(c1ccccc1)S(=O)(=O)c1cccc(C(=O)OCC(=O)c2ccc(Cl)cc2)c1. The van der Waals surface area contributed by atoms with E-state index in [2.05, 4.69) is 6.58 Å². The molecule has 0 aromatic heterocycles. The van der Waals surface area contributed by atoms with Crippen molar-refractivity contribution in [1.82, 2.24) is 0 Å². The van der Waals surface area contributed by atoms with Crippen molar-refractivity contribution in [2.45, 2.75) is 4.90 Å². The first-order valence-electron chi connectivity index (χ1n) is 9.57. The molecule has 0 bridgehead atoms. The van der Waals surface area contributed by atoms with Crippen molar-refractivity contribution in [3.8, 4) is 0 Å². The monoisotopic (exact) mass is 469 g/mol. The van der Waals surface area contributed by atoms with Crippen LogP contribution in [-0.4, -0.2) is 33.3 Å². The Morgan fingerprint density at radius 3 is 2.28 bits per heavy atom. The van der Waals surface area contributed by atoms with Gasteiger partial charge in [-0.2, -0.15) is 0 Å². The molecule has 8 heteroatoms. The van der Waals surface area contributed by atoms with Gasteiger partial charge in [0.15, 0.2) is 12.4 Å². The van der Waals surface area contributed by atoms with Gasteiger partial charge in [-0.1, -0.05) is 41.9 Å². The number of rotatable bonds is 9. The number of esters is 1. The summed E-state index contributed by atoms with van der Waals surface area (Å²) >= 11 is 5.80. The first-order chi connectivity index (χ1) is 15.3. The highest BCUT2D eigenvalue weighted by molar-refractivity contribution is 7.92. The number of hydrogen-bond donors (Lipinski definition) is 0. The number of halogens is 1. The van der Waals surface area contributed by atoms with Crippen LogP contribution in [0.2, 0.25) is 5.02 Å². The van der Waals surface area contributed by atoms with Crippen LogP contribution in [0.5, 0.6) is 0 Å². The van der Waals surface area contributed by atoms with Crippen LogP contribution < -0.4 is 4.31 Å². The molecular weight excluding hydrogens is 450 g/mol. The standard InChI is InChI=1S/C24H20ClNO5S/c1-2-15-26(21-8-4-3-5-9-21)32(29,30)22-10-6-7-19(16-22)24(28)31-17-23(27)18-11-13-20(25)14-12-18/h2-14,16H,1,15,17H2. The molecule has 0 aliphatic heterocycles. The molecule has 0 N–H and O–H groups in total. The Hall–Kier alpha value is -3.42. The van der Waals surface area contributed by atoms with Crippen molar-refractivity contribution in [1.29, 1.82) is 0 Å². The first kappa shape index (κ1) is 23.2. The van der Waals surface area contributed by atoms with Gasteiger partial charge in [-0.25, -0.2) is 13.2 Å². The Kier molecular flexibility index (Phi) is 7.45.